The molecule has 0 spiro atoms. The minimum atomic E-state index is -0.223. The Labute approximate surface area is 165 Å². The van der Waals surface area contributed by atoms with Crippen molar-refractivity contribution in [3.05, 3.63) is 77.1 Å². The standard InChI is InChI=1S/C22H24N4O2/c1-15-4-9-19(16(2)14-15)25-22-24-13-11-20(26-22)21(27)23-12-10-17-5-7-18(28-3)8-6-17/h4-9,11,13-14H,10,12H2,1-3H3,(H,23,27)(H,24,25,26). The minimum Gasteiger partial charge on any atom is -0.497 e. The number of methoxy groups -OCH3 is 1. The molecule has 0 atom stereocenters. The maximum absolute atomic E-state index is 12.4. The Hall–Kier alpha value is -3.41. The molecular formula is C22H24N4O2. The number of nitrogens with zero attached hydrogens (tertiary/aromatic N) is 2. The molecule has 1 aromatic heterocycles. The highest BCUT2D eigenvalue weighted by Gasteiger charge is 2.09. The van der Waals surface area contributed by atoms with Gasteiger partial charge in [0.25, 0.3) is 5.91 Å². The van der Waals surface area contributed by atoms with Crippen molar-refractivity contribution in [2.45, 2.75) is 20.3 Å². The molecule has 0 bridgehead atoms. The van der Waals surface area contributed by atoms with Crippen LogP contribution >= 0.6 is 0 Å². The van der Waals surface area contributed by atoms with E-state index < -0.39 is 0 Å². The highest BCUT2D eigenvalue weighted by Crippen LogP contribution is 2.19. The number of nitrogens with one attached hydrogen (secondary N) is 2. The summed E-state index contributed by atoms with van der Waals surface area (Å²) in [4.78, 5) is 20.9. The lowest BCUT2D eigenvalue weighted by Gasteiger charge is -2.10. The molecule has 0 saturated carbocycles. The molecule has 0 radical (unpaired) electrons. The number of aryl methyl sites for hydroxylation is 2. The van der Waals surface area contributed by atoms with Gasteiger partial charge in [0.15, 0.2) is 0 Å². The van der Waals surface area contributed by atoms with Crippen molar-refractivity contribution in [2.24, 2.45) is 0 Å². The first-order valence-corrected chi connectivity index (χ1v) is 9.13. The summed E-state index contributed by atoms with van der Waals surface area (Å²) in [6.07, 6.45) is 2.31. The molecule has 1 heterocycles. The zero-order valence-corrected chi connectivity index (χ0v) is 16.3. The number of hydrogen-bond donors (Lipinski definition) is 2. The topological polar surface area (TPSA) is 76.1 Å². The van der Waals surface area contributed by atoms with Crippen LogP contribution in [0.4, 0.5) is 11.6 Å². The third-order valence-corrected chi connectivity index (χ3v) is 4.37. The third-order valence-electron chi connectivity index (χ3n) is 4.37. The van der Waals surface area contributed by atoms with E-state index in [0.717, 1.165) is 29.0 Å². The van der Waals surface area contributed by atoms with Crippen LogP contribution in [0.15, 0.2) is 54.7 Å². The Morgan fingerprint density at radius 1 is 1.07 bits per heavy atom. The van der Waals surface area contributed by atoms with Crippen LogP contribution in [0.5, 0.6) is 5.75 Å². The lowest BCUT2D eigenvalue weighted by atomic mass is 10.1. The first-order chi connectivity index (χ1) is 13.5. The largest absolute Gasteiger partial charge is 0.497 e. The second kappa shape index (κ2) is 8.99. The molecule has 2 N–H and O–H groups in total. The van der Waals surface area contributed by atoms with Crippen LogP contribution in [0.25, 0.3) is 0 Å². The minimum absolute atomic E-state index is 0.223. The van der Waals surface area contributed by atoms with Gasteiger partial charge in [-0.05, 0) is 55.7 Å². The molecule has 3 aromatic rings. The van der Waals surface area contributed by atoms with Gasteiger partial charge in [-0.25, -0.2) is 9.97 Å². The van der Waals surface area contributed by atoms with E-state index in [-0.39, 0.29) is 5.91 Å². The molecule has 28 heavy (non-hydrogen) atoms. The van der Waals surface area contributed by atoms with E-state index in [0.29, 0.717) is 18.2 Å². The number of hydrogen-bond acceptors (Lipinski definition) is 5. The van der Waals surface area contributed by atoms with E-state index in [1.807, 2.05) is 50.2 Å². The summed E-state index contributed by atoms with van der Waals surface area (Å²) in [6, 6.07) is 15.5. The highest BCUT2D eigenvalue weighted by molar-refractivity contribution is 5.92. The monoisotopic (exact) mass is 376 g/mol. The molecule has 1 amide bonds. The van der Waals surface area contributed by atoms with Crippen molar-refractivity contribution in [2.75, 3.05) is 19.0 Å². The van der Waals surface area contributed by atoms with Crippen LogP contribution in [0.2, 0.25) is 0 Å². The van der Waals surface area contributed by atoms with Gasteiger partial charge in [0.2, 0.25) is 5.95 Å². The van der Waals surface area contributed by atoms with Crippen molar-refractivity contribution in [3.8, 4) is 5.75 Å². The average molecular weight is 376 g/mol. The predicted octanol–water partition coefficient (Wildman–Crippen LogP) is 3.82. The summed E-state index contributed by atoms with van der Waals surface area (Å²) in [5.41, 5.74) is 4.66. The predicted molar refractivity (Wildman–Crippen MR) is 110 cm³/mol. The van der Waals surface area contributed by atoms with Crippen LogP contribution < -0.4 is 15.4 Å². The Balaban J connectivity index is 1.58. The van der Waals surface area contributed by atoms with Gasteiger partial charge < -0.3 is 15.4 Å². The smallest absolute Gasteiger partial charge is 0.270 e. The molecule has 0 aliphatic rings. The molecule has 0 aliphatic heterocycles. The number of ether oxygens (including phenoxy) is 1. The van der Waals surface area contributed by atoms with Crippen LogP contribution in [0, 0.1) is 13.8 Å². The maximum Gasteiger partial charge on any atom is 0.270 e. The summed E-state index contributed by atoms with van der Waals surface area (Å²) < 4.78 is 5.15. The summed E-state index contributed by atoms with van der Waals surface area (Å²) in [7, 11) is 1.64. The summed E-state index contributed by atoms with van der Waals surface area (Å²) in [6.45, 7) is 4.59. The van der Waals surface area contributed by atoms with Gasteiger partial charge in [-0.2, -0.15) is 0 Å². The van der Waals surface area contributed by atoms with E-state index in [2.05, 4.69) is 26.7 Å². The molecule has 6 nitrogen and oxygen atoms in total. The van der Waals surface area contributed by atoms with Gasteiger partial charge in [0, 0.05) is 18.4 Å². The van der Waals surface area contributed by atoms with Crippen molar-refractivity contribution in [3.63, 3.8) is 0 Å². The SMILES string of the molecule is COc1ccc(CCNC(=O)c2ccnc(Nc3ccc(C)cc3C)n2)cc1. The summed E-state index contributed by atoms with van der Waals surface area (Å²) in [5.74, 6) is 0.993. The normalized spacial score (nSPS) is 10.4. The van der Waals surface area contributed by atoms with Gasteiger partial charge in [-0.1, -0.05) is 29.8 Å². The van der Waals surface area contributed by atoms with E-state index in [1.165, 1.54) is 5.56 Å². The number of benzene rings is 2. The fourth-order valence-electron chi connectivity index (χ4n) is 2.82. The number of amides is 1. The number of aromatic nitrogens is 2. The van der Waals surface area contributed by atoms with Crippen molar-refractivity contribution in [1.29, 1.82) is 0 Å². The van der Waals surface area contributed by atoms with E-state index in [9.17, 15) is 4.79 Å². The number of anilines is 2. The zero-order chi connectivity index (χ0) is 19.9. The Morgan fingerprint density at radius 2 is 1.86 bits per heavy atom. The number of rotatable bonds is 7. The van der Waals surface area contributed by atoms with Gasteiger partial charge in [0.1, 0.15) is 11.4 Å². The molecular weight excluding hydrogens is 352 g/mol. The van der Waals surface area contributed by atoms with Crippen LogP contribution in [-0.4, -0.2) is 29.5 Å². The Bertz CT molecular complexity index is 955. The maximum atomic E-state index is 12.4. The van der Waals surface area contributed by atoms with E-state index >= 15 is 0 Å². The highest BCUT2D eigenvalue weighted by atomic mass is 16.5. The molecule has 0 unspecified atom stereocenters. The number of carbonyl (C=O) groups is 1. The second-order valence-electron chi connectivity index (χ2n) is 6.56. The van der Waals surface area contributed by atoms with Gasteiger partial charge in [0.05, 0.1) is 7.11 Å². The van der Waals surface area contributed by atoms with Gasteiger partial charge in [-0.3, -0.25) is 4.79 Å². The van der Waals surface area contributed by atoms with Crippen molar-refractivity contribution >= 4 is 17.5 Å². The molecule has 0 aliphatic carbocycles. The summed E-state index contributed by atoms with van der Waals surface area (Å²) in [5, 5.41) is 6.07. The Morgan fingerprint density at radius 3 is 2.57 bits per heavy atom. The molecule has 0 saturated heterocycles. The van der Waals surface area contributed by atoms with Crippen LogP contribution in [-0.2, 0) is 6.42 Å². The molecule has 0 fully saturated rings. The fourth-order valence-corrected chi connectivity index (χ4v) is 2.82. The quantitative estimate of drug-likeness (QED) is 0.656. The first-order valence-electron chi connectivity index (χ1n) is 9.13. The van der Waals surface area contributed by atoms with Crippen molar-refractivity contribution < 1.29 is 9.53 Å². The summed E-state index contributed by atoms with van der Waals surface area (Å²) >= 11 is 0. The molecule has 6 heteroatoms. The zero-order valence-electron chi connectivity index (χ0n) is 16.3. The van der Waals surface area contributed by atoms with Crippen LogP contribution in [0.3, 0.4) is 0 Å². The molecule has 3 rings (SSSR count). The molecule has 144 valence electrons. The lowest BCUT2D eigenvalue weighted by Crippen LogP contribution is -2.26. The first kappa shape index (κ1) is 19.4. The fraction of sp³-hybridized carbons (Fsp3) is 0.227. The van der Waals surface area contributed by atoms with Gasteiger partial charge in [-0.15, -0.1) is 0 Å². The molecule has 2 aromatic carbocycles. The third kappa shape index (κ3) is 5.07. The lowest BCUT2D eigenvalue weighted by molar-refractivity contribution is 0.0949. The Kier molecular flexibility index (Phi) is 6.22. The van der Waals surface area contributed by atoms with Crippen LogP contribution in [0.1, 0.15) is 27.2 Å². The van der Waals surface area contributed by atoms with Crippen molar-refractivity contribution in [1.82, 2.24) is 15.3 Å². The second-order valence-corrected chi connectivity index (χ2v) is 6.56. The van der Waals surface area contributed by atoms with Gasteiger partial charge >= 0.3 is 0 Å². The van der Waals surface area contributed by atoms with E-state index in [1.54, 1.807) is 19.4 Å². The number of carbonyl (C=O) groups excluding carboxylic acids is 1. The van der Waals surface area contributed by atoms with E-state index in [4.69, 9.17) is 4.74 Å². The average Bonchev–Trinajstić information content (AvgIpc) is 2.71.